The minimum absolute atomic E-state index is 0.551. The van der Waals surface area contributed by atoms with Crippen molar-refractivity contribution in [2.75, 3.05) is 19.6 Å². The van der Waals surface area contributed by atoms with Crippen molar-refractivity contribution < 1.29 is 0 Å². The van der Waals surface area contributed by atoms with Crippen molar-refractivity contribution in [1.29, 1.82) is 0 Å². The predicted octanol–water partition coefficient (Wildman–Crippen LogP) is 7.22. The quantitative estimate of drug-likeness (QED) is 0.169. The van der Waals surface area contributed by atoms with Crippen LogP contribution in [0.4, 0.5) is 0 Å². The second-order valence-corrected chi connectivity index (χ2v) is 9.73. The van der Waals surface area contributed by atoms with Crippen molar-refractivity contribution >= 4 is 5.71 Å². The number of nitrogens with one attached hydrogen (secondary N) is 1. The number of aliphatic imine (C=N–C) groups is 1. The number of nitrogens with zero attached hydrogens (tertiary/aromatic N) is 3. The van der Waals surface area contributed by atoms with Crippen LogP contribution in [0.5, 0.6) is 0 Å². The molecule has 1 aliphatic carbocycles. The van der Waals surface area contributed by atoms with Crippen LogP contribution in [0.2, 0.25) is 0 Å². The van der Waals surface area contributed by atoms with E-state index in [0.29, 0.717) is 12.1 Å². The highest BCUT2D eigenvalue weighted by molar-refractivity contribution is 6.14. The Hall–Kier alpha value is -4.14. The second kappa shape index (κ2) is 16.7. The molecule has 5 nitrogen and oxygen atoms in total. The Morgan fingerprint density at radius 2 is 1.88 bits per heavy atom. The molecule has 40 heavy (non-hydrogen) atoms. The van der Waals surface area contributed by atoms with Gasteiger partial charge in [-0.05, 0) is 87.1 Å². The summed E-state index contributed by atoms with van der Waals surface area (Å²) < 4.78 is 0. The summed E-state index contributed by atoms with van der Waals surface area (Å²) in [5.74, 6) is 0.829. The fourth-order valence-electron chi connectivity index (χ4n) is 4.84. The van der Waals surface area contributed by atoms with Crippen LogP contribution >= 0.6 is 0 Å². The van der Waals surface area contributed by atoms with Gasteiger partial charge in [-0.2, -0.15) is 0 Å². The van der Waals surface area contributed by atoms with E-state index in [4.69, 9.17) is 10.7 Å². The maximum atomic E-state index is 6.46. The summed E-state index contributed by atoms with van der Waals surface area (Å²) in [6.07, 6.45) is 31.5. The van der Waals surface area contributed by atoms with Gasteiger partial charge in [-0.1, -0.05) is 68.7 Å². The third-order valence-electron chi connectivity index (χ3n) is 6.95. The fraction of sp³-hybridized carbons (Fsp3) is 0.314. The van der Waals surface area contributed by atoms with Crippen LogP contribution in [0, 0.1) is 19.8 Å². The van der Waals surface area contributed by atoms with Crippen LogP contribution in [0.1, 0.15) is 56.7 Å². The molecular weight excluding hydrogens is 490 g/mol. The maximum Gasteiger partial charge on any atom is 0.111 e. The zero-order valence-corrected chi connectivity index (χ0v) is 24.5. The van der Waals surface area contributed by atoms with Gasteiger partial charge < -0.3 is 10.7 Å². The third-order valence-corrected chi connectivity index (χ3v) is 6.95. The Morgan fingerprint density at radius 1 is 1.15 bits per heavy atom. The van der Waals surface area contributed by atoms with Gasteiger partial charge in [0.25, 0.3) is 0 Å². The molecule has 1 aliphatic heterocycles. The lowest BCUT2D eigenvalue weighted by molar-refractivity contribution is 0.248. The maximum absolute atomic E-state index is 6.46. The molecule has 1 aromatic heterocycles. The number of H-pyrrole nitrogens is 1. The van der Waals surface area contributed by atoms with Gasteiger partial charge in [-0.25, -0.2) is 4.98 Å². The Bertz CT molecular complexity index is 1290. The molecule has 2 aliphatic rings. The van der Waals surface area contributed by atoms with Crippen molar-refractivity contribution in [3.05, 3.63) is 125 Å². The average Bonchev–Trinajstić information content (AvgIpc) is 3.64. The van der Waals surface area contributed by atoms with E-state index >= 15 is 0 Å². The summed E-state index contributed by atoms with van der Waals surface area (Å²) in [4.78, 5) is 15.4. The molecule has 1 saturated heterocycles. The van der Waals surface area contributed by atoms with Gasteiger partial charge >= 0.3 is 0 Å². The van der Waals surface area contributed by atoms with Crippen LogP contribution in [0.3, 0.4) is 0 Å². The first-order valence-electron chi connectivity index (χ1n) is 13.9. The number of imidazole rings is 1. The summed E-state index contributed by atoms with van der Waals surface area (Å²) in [5.41, 5.74) is 15.0. The van der Waals surface area contributed by atoms with Crippen LogP contribution in [-0.2, 0) is 6.42 Å². The summed E-state index contributed by atoms with van der Waals surface area (Å²) >= 11 is 0. The summed E-state index contributed by atoms with van der Waals surface area (Å²) in [7, 11) is 0. The van der Waals surface area contributed by atoms with E-state index in [-0.39, 0.29) is 0 Å². The number of terminal acetylenes is 1. The smallest absolute Gasteiger partial charge is 0.111 e. The number of hydrogen-bond acceptors (Lipinski definition) is 4. The molecule has 0 bridgehead atoms. The molecule has 3 N–H and O–H groups in total. The average molecular weight is 536 g/mol. The molecular formula is C35H45N5. The predicted molar refractivity (Wildman–Crippen MR) is 173 cm³/mol. The topological polar surface area (TPSA) is 70.3 Å². The lowest BCUT2D eigenvalue weighted by Gasteiger charge is -2.26. The molecule has 0 saturated carbocycles. The third kappa shape index (κ3) is 8.97. The van der Waals surface area contributed by atoms with Crippen molar-refractivity contribution in [3.8, 4) is 12.8 Å². The minimum Gasteiger partial charge on any atom is -0.399 e. The number of aryl methyl sites for hydroxylation is 1. The normalized spacial score (nSPS) is 17.2. The molecule has 0 atom stereocenters. The monoisotopic (exact) mass is 535 g/mol. The number of piperidine rings is 1. The summed E-state index contributed by atoms with van der Waals surface area (Å²) in [6, 6.07) is 0. The molecule has 0 radical (unpaired) electrons. The number of aromatic nitrogens is 2. The number of aromatic amines is 1. The van der Waals surface area contributed by atoms with Crippen LogP contribution in [0.15, 0.2) is 113 Å². The van der Waals surface area contributed by atoms with Crippen molar-refractivity contribution in [3.63, 3.8) is 0 Å². The molecule has 210 valence electrons. The van der Waals surface area contributed by atoms with Gasteiger partial charge in [0.05, 0.1) is 5.71 Å². The van der Waals surface area contributed by atoms with Gasteiger partial charge in [0.1, 0.15) is 11.5 Å². The highest BCUT2D eigenvalue weighted by atomic mass is 15.1. The second-order valence-electron chi connectivity index (χ2n) is 9.73. The first-order valence-corrected chi connectivity index (χ1v) is 13.9. The number of hydrogen-bond donors (Lipinski definition) is 2. The van der Waals surface area contributed by atoms with E-state index < -0.39 is 0 Å². The molecule has 0 unspecified atom stereocenters. The lowest BCUT2D eigenvalue weighted by Crippen LogP contribution is -2.31. The van der Waals surface area contributed by atoms with E-state index in [2.05, 4.69) is 83.9 Å². The molecule has 5 heteroatoms. The van der Waals surface area contributed by atoms with Crippen molar-refractivity contribution in [2.45, 2.75) is 52.9 Å². The van der Waals surface area contributed by atoms with Crippen LogP contribution in [-0.4, -0.2) is 40.2 Å². The lowest BCUT2D eigenvalue weighted by atomic mass is 9.98. The molecule has 0 spiro atoms. The molecule has 1 fully saturated rings. The molecule has 1 aromatic rings. The van der Waals surface area contributed by atoms with E-state index in [9.17, 15) is 0 Å². The molecule has 0 amide bonds. The van der Waals surface area contributed by atoms with Gasteiger partial charge in [-0.3, -0.25) is 9.89 Å². The minimum atomic E-state index is 0.551. The number of rotatable bonds is 12. The summed E-state index contributed by atoms with van der Waals surface area (Å²) in [5, 5.41) is 0. The molecule has 2 heterocycles. The van der Waals surface area contributed by atoms with E-state index in [1.807, 2.05) is 32.9 Å². The zero-order valence-electron chi connectivity index (χ0n) is 24.5. The van der Waals surface area contributed by atoms with E-state index in [1.54, 1.807) is 6.20 Å². The standard InChI is InChI=1S/C33H43N5.C2H2/c1-7-26(23-38-18-14-11-15-19-38)21-27(8-2)24(5)20-29(30(34)9-3)22-31-36-25(6)32(37-31)33(35-10-4)28-16-12-13-17-28;1-2/h7-10,12,16-17,20-21H,1,4-5,11,13-15,18-19,22-23,34H2,2-3,6H3,(H,36,37);1-2H/b26-21+,27-8+,29-20-,30-9+,35-33?;. The SMILES string of the molecule is C#C.C=CN=C(C1=CCC=C1)c1nc(CC(=C/C(=C)C(/C=C(\C=C)CN2CCCCC2)=C/C)/C(N)=C\C)[nH]c1C. The largest absolute Gasteiger partial charge is 0.399 e. The van der Waals surface area contributed by atoms with E-state index in [0.717, 1.165) is 71.3 Å². The molecule has 3 rings (SSSR count). The van der Waals surface area contributed by atoms with Gasteiger partial charge in [0, 0.05) is 30.6 Å². The Morgan fingerprint density at radius 3 is 2.45 bits per heavy atom. The fourth-order valence-corrected chi connectivity index (χ4v) is 4.84. The Labute approximate surface area is 241 Å². The van der Waals surface area contributed by atoms with E-state index in [1.165, 1.54) is 24.8 Å². The zero-order chi connectivity index (χ0) is 29.5. The highest BCUT2D eigenvalue weighted by Gasteiger charge is 2.18. The highest BCUT2D eigenvalue weighted by Crippen LogP contribution is 2.23. The Balaban J connectivity index is 0.00000274. The van der Waals surface area contributed by atoms with Gasteiger partial charge in [-0.15, -0.1) is 12.8 Å². The first kappa shape index (κ1) is 32.1. The van der Waals surface area contributed by atoms with Crippen LogP contribution in [0.25, 0.3) is 0 Å². The Kier molecular flexibility index (Phi) is 13.4. The molecule has 0 aromatic carbocycles. The number of likely N-dealkylation sites (tertiary alicyclic amines) is 1. The van der Waals surface area contributed by atoms with Crippen LogP contribution < -0.4 is 5.73 Å². The number of nitrogens with two attached hydrogens (primary N) is 1. The first-order chi connectivity index (χ1) is 19.4. The van der Waals surface area contributed by atoms with Gasteiger partial charge in [0.15, 0.2) is 0 Å². The van der Waals surface area contributed by atoms with Crippen molar-refractivity contribution in [1.82, 2.24) is 14.9 Å². The van der Waals surface area contributed by atoms with Crippen molar-refractivity contribution in [2.24, 2.45) is 10.7 Å². The van der Waals surface area contributed by atoms with Gasteiger partial charge in [0.2, 0.25) is 0 Å². The summed E-state index contributed by atoms with van der Waals surface area (Å²) in [6.45, 7) is 21.5. The number of allylic oxidation sites excluding steroid dienone is 11.